The number of aryl methyl sites for hydroxylation is 1. The zero-order chi connectivity index (χ0) is 18.2. The maximum atomic E-state index is 4.88. The van der Waals surface area contributed by atoms with Gasteiger partial charge in [0.05, 0.1) is 5.69 Å². The lowest BCUT2D eigenvalue weighted by Crippen LogP contribution is -2.31. The van der Waals surface area contributed by atoms with E-state index in [9.17, 15) is 0 Å². The normalized spacial score (nSPS) is 14.4. The molecule has 1 N–H and O–H groups in total. The fourth-order valence-electron chi connectivity index (χ4n) is 3.72. The largest absolute Gasteiger partial charge is 0.346 e. The van der Waals surface area contributed by atoms with Crippen molar-refractivity contribution in [3.8, 4) is 11.4 Å². The van der Waals surface area contributed by atoms with Crippen molar-refractivity contribution in [2.45, 2.75) is 26.4 Å². The van der Waals surface area contributed by atoms with Gasteiger partial charge in [-0.05, 0) is 36.6 Å². The van der Waals surface area contributed by atoms with Crippen molar-refractivity contribution in [2.75, 3.05) is 6.54 Å². The summed E-state index contributed by atoms with van der Waals surface area (Å²) in [5.74, 6) is 0.812. The SMILES string of the molecule is Cc1ccc(-c2ncc3c(n2)CN(Cc2c[nH]c4ncccc24)CC3)cc1. The molecule has 1 aliphatic rings. The Labute approximate surface area is 158 Å². The van der Waals surface area contributed by atoms with Gasteiger partial charge in [0, 0.05) is 49.2 Å². The Kier molecular flexibility index (Phi) is 3.94. The van der Waals surface area contributed by atoms with E-state index < -0.39 is 0 Å². The third kappa shape index (κ3) is 3.11. The van der Waals surface area contributed by atoms with Gasteiger partial charge in [-0.15, -0.1) is 0 Å². The second-order valence-electron chi connectivity index (χ2n) is 7.21. The van der Waals surface area contributed by atoms with Crippen molar-refractivity contribution >= 4 is 11.0 Å². The van der Waals surface area contributed by atoms with Gasteiger partial charge in [0.1, 0.15) is 5.65 Å². The third-order valence-corrected chi connectivity index (χ3v) is 5.27. The summed E-state index contributed by atoms with van der Waals surface area (Å²) in [7, 11) is 0. The maximum Gasteiger partial charge on any atom is 0.159 e. The van der Waals surface area contributed by atoms with Crippen LogP contribution in [0.3, 0.4) is 0 Å². The average molecular weight is 355 g/mol. The van der Waals surface area contributed by atoms with Gasteiger partial charge < -0.3 is 4.98 Å². The standard InChI is InChI=1S/C22H21N5/c1-15-4-6-16(7-5-15)21-24-11-17-8-10-27(14-20(17)26-21)13-18-12-25-22-19(18)3-2-9-23-22/h2-7,9,11-12H,8,10,13-14H2,1H3,(H,23,25). The Balaban J connectivity index is 1.40. The molecule has 134 valence electrons. The van der Waals surface area contributed by atoms with Crippen LogP contribution in [0.25, 0.3) is 22.4 Å². The summed E-state index contributed by atoms with van der Waals surface area (Å²) in [5.41, 5.74) is 6.97. The zero-order valence-corrected chi connectivity index (χ0v) is 15.3. The summed E-state index contributed by atoms with van der Waals surface area (Å²) in [5, 5.41) is 1.20. The maximum absolute atomic E-state index is 4.88. The number of rotatable bonds is 3. The molecule has 27 heavy (non-hydrogen) atoms. The molecule has 0 amide bonds. The molecule has 5 heteroatoms. The zero-order valence-electron chi connectivity index (χ0n) is 15.3. The number of pyridine rings is 1. The van der Waals surface area contributed by atoms with E-state index in [1.54, 1.807) is 0 Å². The Morgan fingerprint density at radius 2 is 2.00 bits per heavy atom. The molecule has 0 bridgehead atoms. The average Bonchev–Trinajstić information content (AvgIpc) is 3.11. The van der Waals surface area contributed by atoms with Crippen molar-refractivity contribution in [2.24, 2.45) is 0 Å². The molecule has 4 aromatic rings. The first-order chi connectivity index (χ1) is 13.3. The van der Waals surface area contributed by atoms with Crippen LogP contribution in [-0.4, -0.2) is 31.4 Å². The molecule has 0 saturated carbocycles. The molecule has 5 nitrogen and oxygen atoms in total. The van der Waals surface area contributed by atoms with E-state index in [0.717, 1.165) is 48.8 Å². The third-order valence-electron chi connectivity index (χ3n) is 5.27. The summed E-state index contributed by atoms with van der Waals surface area (Å²) in [6.45, 7) is 4.86. The molecular formula is C22H21N5. The fourth-order valence-corrected chi connectivity index (χ4v) is 3.72. The Morgan fingerprint density at radius 1 is 1.11 bits per heavy atom. The van der Waals surface area contributed by atoms with E-state index in [4.69, 9.17) is 4.98 Å². The van der Waals surface area contributed by atoms with E-state index >= 15 is 0 Å². The number of nitrogens with zero attached hydrogens (tertiary/aromatic N) is 4. The lowest BCUT2D eigenvalue weighted by Gasteiger charge is -2.27. The summed E-state index contributed by atoms with van der Waals surface area (Å²) >= 11 is 0. The van der Waals surface area contributed by atoms with Gasteiger partial charge in [-0.3, -0.25) is 4.90 Å². The molecule has 0 fully saturated rings. The van der Waals surface area contributed by atoms with Gasteiger partial charge in [0.15, 0.2) is 5.82 Å². The van der Waals surface area contributed by atoms with Crippen molar-refractivity contribution in [3.05, 3.63) is 77.4 Å². The highest BCUT2D eigenvalue weighted by molar-refractivity contribution is 5.79. The van der Waals surface area contributed by atoms with Gasteiger partial charge in [0.2, 0.25) is 0 Å². The lowest BCUT2D eigenvalue weighted by molar-refractivity contribution is 0.242. The minimum atomic E-state index is 0.812. The summed E-state index contributed by atoms with van der Waals surface area (Å²) < 4.78 is 0. The number of H-pyrrole nitrogens is 1. The van der Waals surface area contributed by atoms with Crippen molar-refractivity contribution < 1.29 is 0 Å². The van der Waals surface area contributed by atoms with Crippen molar-refractivity contribution in [1.82, 2.24) is 24.8 Å². The van der Waals surface area contributed by atoms with Crippen LogP contribution in [0.15, 0.2) is 55.0 Å². The fraction of sp³-hybridized carbons (Fsp3) is 0.227. The van der Waals surface area contributed by atoms with E-state index in [-0.39, 0.29) is 0 Å². The highest BCUT2D eigenvalue weighted by atomic mass is 15.1. The number of aromatic nitrogens is 4. The quantitative estimate of drug-likeness (QED) is 0.606. The van der Waals surface area contributed by atoms with Crippen LogP contribution >= 0.6 is 0 Å². The van der Waals surface area contributed by atoms with Crippen LogP contribution in [0.5, 0.6) is 0 Å². The molecule has 1 aliphatic heterocycles. The van der Waals surface area contributed by atoms with Crippen LogP contribution < -0.4 is 0 Å². The molecule has 0 atom stereocenters. The van der Waals surface area contributed by atoms with Crippen LogP contribution in [0.2, 0.25) is 0 Å². The summed E-state index contributed by atoms with van der Waals surface area (Å²) in [6, 6.07) is 12.5. The molecular weight excluding hydrogens is 334 g/mol. The topological polar surface area (TPSA) is 57.7 Å². The molecule has 0 aliphatic carbocycles. The first-order valence-electron chi connectivity index (χ1n) is 9.31. The van der Waals surface area contributed by atoms with E-state index in [2.05, 4.69) is 63.3 Å². The number of benzene rings is 1. The molecule has 1 aromatic carbocycles. The summed E-state index contributed by atoms with van der Waals surface area (Å²) in [4.78, 5) is 19.6. The minimum absolute atomic E-state index is 0.812. The van der Waals surface area contributed by atoms with Crippen LogP contribution in [0.4, 0.5) is 0 Å². The number of hydrogen-bond donors (Lipinski definition) is 1. The predicted octanol–water partition coefficient (Wildman–Crippen LogP) is 3.89. The van der Waals surface area contributed by atoms with Crippen LogP contribution in [0, 0.1) is 6.92 Å². The molecule has 0 radical (unpaired) electrons. The first-order valence-corrected chi connectivity index (χ1v) is 9.31. The number of aromatic amines is 1. The van der Waals surface area contributed by atoms with E-state index in [1.165, 1.54) is 22.1 Å². The van der Waals surface area contributed by atoms with E-state index in [0.29, 0.717) is 0 Å². The van der Waals surface area contributed by atoms with Crippen molar-refractivity contribution in [1.29, 1.82) is 0 Å². The van der Waals surface area contributed by atoms with E-state index in [1.807, 2.05) is 18.5 Å². The monoisotopic (exact) mass is 355 g/mol. The highest BCUT2D eigenvalue weighted by Crippen LogP contribution is 2.24. The Morgan fingerprint density at radius 3 is 2.89 bits per heavy atom. The van der Waals surface area contributed by atoms with Gasteiger partial charge in [-0.25, -0.2) is 15.0 Å². The molecule has 4 heterocycles. The van der Waals surface area contributed by atoms with Crippen LogP contribution in [0.1, 0.15) is 22.4 Å². The van der Waals surface area contributed by atoms with Crippen molar-refractivity contribution in [3.63, 3.8) is 0 Å². The van der Waals surface area contributed by atoms with Gasteiger partial charge >= 0.3 is 0 Å². The molecule has 3 aromatic heterocycles. The second kappa shape index (κ2) is 6.59. The van der Waals surface area contributed by atoms with Gasteiger partial charge in [0.25, 0.3) is 0 Å². The number of fused-ring (bicyclic) bond motifs is 2. The molecule has 0 saturated heterocycles. The smallest absolute Gasteiger partial charge is 0.159 e. The molecule has 0 spiro atoms. The summed E-state index contributed by atoms with van der Waals surface area (Å²) in [6.07, 6.45) is 6.89. The number of hydrogen-bond acceptors (Lipinski definition) is 4. The molecule has 5 rings (SSSR count). The van der Waals surface area contributed by atoms with Crippen LogP contribution in [-0.2, 0) is 19.5 Å². The second-order valence-corrected chi connectivity index (χ2v) is 7.21. The Hall–Kier alpha value is -3.05. The lowest BCUT2D eigenvalue weighted by atomic mass is 10.1. The predicted molar refractivity (Wildman–Crippen MR) is 106 cm³/mol. The minimum Gasteiger partial charge on any atom is -0.346 e. The first kappa shape index (κ1) is 16.1. The molecule has 0 unspecified atom stereocenters. The van der Waals surface area contributed by atoms with Gasteiger partial charge in [-0.2, -0.15) is 0 Å². The Bertz CT molecular complexity index is 1100. The highest BCUT2D eigenvalue weighted by Gasteiger charge is 2.20. The number of nitrogens with one attached hydrogen (secondary N) is 1. The van der Waals surface area contributed by atoms with Gasteiger partial charge in [-0.1, -0.05) is 29.8 Å².